The average molecular weight is 358 g/mol. The number of carbonyl (C=O) groups excluding carboxylic acids is 4. The number of rotatable bonds is 12. The lowest BCUT2D eigenvalue weighted by Gasteiger charge is -2.17. The van der Waals surface area contributed by atoms with Crippen LogP contribution in [0.25, 0.3) is 0 Å². The molecule has 0 saturated heterocycles. The van der Waals surface area contributed by atoms with Crippen molar-refractivity contribution in [3.05, 3.63) is 0 Å². The maximum absolute atomic E-state index is 11.8. The molecular formula is C18H30O7. The number of carbonyl (C=O) groups is 4. The van der Waals surface area contributed by atoms with Gasteiger partial charge in [-0.05, 0) is 25.7 Å². The second kappa shape index (κ2) is 11.7. The largest absolute Gasteiger partial charge is 0.463 e. The van der Waals surface area contributed by atoms with Crippen LogP contribution in [0.5, 0.6) is 0 Å². The third kappa shape index (κ3) is 8.77. The zero-order valence-corrected chi connectivity index (χ0v) is 16.0. The molecule has 144 valence electrons. The summed E-state index contributed by atoms with van der Waals surface area (Å²) in [6.45, 7) is 10.2. The minimum Gasteiger partial charge on any atom is -0.463 e. The quantitative estimate of drug-likeness (QED) is 0.298. The maximum atomic E-state index is 11.8. The Labute approximate surface area is 149 Å². The molecule has 0 aliphatic carbocycles. The van der Waals surface area contributed by atoms with E-state index in [-0.39, 0.29) is 49.8 Å². The smallest absolute Gasteiger partial charge is 0.316 e. The summed E-state index contributed by atoms with van der Waals surface area (Å²) < 4.78 is 15.2. The van der Waals surface area contributed by atoms with Crippen LogP contribution in [0.4, 0.5) is 0 Å². The van der Waals surface area contributed by atoms with Gasteiger partial charge in [-0.3, -0.25) is 19.2 Å². The maximum Gasteiger partial charge on any atom is 0.316 e. The lowest BCUT2D eigenvalue weighted by Crippen LogP contribution is -2.30. The Morgan fingerprint density at radius 2 is 0.960 bits per heavy atom. The second-order valence-electron chi connectivity index (χ2n) is 6.61. The molecule has 0 aromatic carbocycles. The van der Waals surface area contributed by atoms with Crippen molar-refractivity contribution < 1.29 is 33.4 Å². The summed E-state index contributed by atoms with van der Waals surface area (Å²) in [6, 6.07) is 0. The van der Waals surface area contributed by atoms with Crippen LogP contribution in [0.1, 0.15) is 41.5 Å². The molecule has 0 aromatic heterocycles. The van der Waals surface area contributed by atoms with Crippen molar-refractivity contribution in [3.63, 3.8) is 0 Å². The van der Waals surface area contributed by atoms with Gasteiger partial charge in [0.15, 0.2) is 0 Å². The van der Waals surface area contributed by atoms with E-state index in [1.165, 1.54) is 13.8 Å². The van der Waals surface area contributed by atoms with Gasteiger partial charge in [0, 0.05) is 0 Å². The Morgan fingerprint density at radius 1 is 0.640 bits per heavy atom. The predicted octanol–water partition coefficient (Wildman–Crippen LogP) is 1.81. The second-order valence-corrected chi connectivity index (χ2v) is 6.61. The van der Waals surface area contributed by atoms with Crippen molar-refractivity contribution in [1.29, 1.82) is 0 Å². The lowest BCUT2D eigenvalue weighted by molar-refractivity contribution is -0.155. The molecule has 0 aromatic rings. The topological polar surface area (TPSA) is 96.0 Å². The molecule has 0 spiro atoms. The predicted molar refractivity (Wildman–Crippen MR) is 90.8 cm³/mol. The van der Waals surface area contributed by atoms with Crippen LogP contribution in [0.2, 0.25) is 0 Å². The Kier molecular flexibility index (Phi) is 10.9. The molecule has 0 N–H and O–H groups in total. The Morgan fingerprint density at radius 3 is 1.20 bits per heavy atom. The molecule has 0 bridgehead atoms. The standard InChI is InChI=1S/C18H30O7/c1-11(2)15(13(5)19)17(21)24-9-7-23-8-10-25-18(22)16(12(3)4)14(6)20/h11-12,15-16H,7-10H2,1-6H3. The first-order valence-electron chi connectivity index (χ1n) is 8.51. The van der Waals surface area contributed by atoms with E-state index in [1.807, 2.05) is 0 Å². The summed E-state index contributed by atoms with van der Waals surface area (Å²) in [5.41, 5.74) is 0. The molecule has 2 atom stereocenters. The van der Waals surface area contributed by atoms with E-state index in [9.17, 15) is 19.2 Å². The van der Waals surface area contributed by atoms with Crippen LogP contribution in [-0.2, 0) is 33.4 Å². The van der Waals surface area contributed by atoms with Crippen molar-refractivity contribution in [2.45, 2.75) is 41.5 Å². The van der Waals surface area contributed by atoms with Gasteiger partial charge in [0.2, 0.25) is 0 Å². The number of ketones is 2. The van der Waals surface area contributed by atoms with E-state index < -0.39 is 23.8 Å². The number of hydrogen-bond donors (Lipinski definition) is 0. The molecule has 0 aliphatic heterocycles. The summed E-state index contributed by atoms with van der Waals surface area (Å²) in [6.07, 6.45) is 0. The number of esters is 2. The molecular weight excluding hydrogens is 328 g/mol. The fourth-order valence-corrected chi connectivity index (χ4v) is 2.50. The van der Waals surface area contributed by atoms with Crippen molar-refractivity contribution in [2.75, 3.05) is 26.4 Å². The highest BCUT2D eigenvalue weighted by Gasteiger charge is 2.29. The van der Waals surface area contributed by atoms with Crippen molar-refractivity contribution >= 4 is 23.5 Å². The highest BCUT2D eigenvalue weighted by Crippen LogP contribution is 2.14. The van der Waals surface area contributed by atoms with E-state index in [4.69, 9.17) is 14.2 Å². The summed E-state index contributed by atoms with van der Waals surface area (Å²) in [7, 11) is 0. The normalized spacial score (nSPS) is 13.4. The van der Waals surface area contributed by atoms with E-state index >= 15 is 0 Å². The molecule has 0 saturated carbocycles. The van der Waals surface area contributed by atoms with Gasteiger partial charge in [-0.1, -0.05) is 27.7 Å². The molecule has 0 heterocycles. The van der Waals surface area contributed by atoms with Crippen LogP contribution < -0.4 is 0 Å². The summed E-state index contributed by atoms with van der Waals surface area (Å²) in [4.78, 5) is 46.4. The minimum atomic E-state index is -0.763. The minimum absolute atomic E-state index is 0.0192. The molecule has 0 amide bonds. The van der Waals surface area contributed by atoms with Gasteiger partial charge in [0.1, 0.15) is 36.6 Å². The molecule has 7 heteroatoms. The summed E-state index contributed by atoms with van der Waals surface area (Å²) in [5, 5.41) is 0. The Bertz CT molecular complexity index is 426. The fourth-order valence-electron chi connectivity index (χ4n) is 2.50. The molecule has 0 rings (SSSR count). The zero-order chi connectivity index (χ0) is 19.6. The van der Waals surface area contributed by atoms with E-state index in [1.54, 1.807) is 27.7 Å². The van der Waals surface area contributed by atoms with E-state index in [0.717, 1.165) is 0 Å². The van der Waals surface area contributed by atoms with Gasteiger partial charge < -0.3 is 14.2 Å². The van der Waals surface area contributed by atoms with Crippen LogP contribution in [0.3, 0.4) is 0 Å². The highest BCUT2D eigenvalue weighted by molar-refractivity contribution is 5.98. The molecule has 0 radical (unpaired) electrons. The monoisotopic (exact) mass is 358 g/mol. The van der Waals surface area contributed by atoms with Crippen molar-refractivity contribution in [1.82, 2.24) is 0 Å². The summed E-state index contributed by atoms with van der Waals surface area (Å²) in [5.74, 6) is -3.34. The lowest BCUT2D eigenvalue weighted by atomic mass is 9.92. The Balaban J connectivity index is 3.97. The molecule has 25 heavy (non-hydrogen) atoms. The fraction of sp³-hybridized carbons (Fsp3) is 0.778. The van der Waals surface area contributed by atoms with Crippen molar-refractivity contribution in [3.8, 4) is 0 Å². The highest BCUT2D eigenvalue weighted by atomic mass is 16.6. The SMILES string of the molecule is CC(=O)C(C(=O)OCCOCCOC(=O)C(C(C)=O)C(C)C)C(C)C. The number of ether oxygens (including phenoxy) is 3. The molecule has 0 aliphatic rings. The zero-order valence-electron chi connectivity index (χ0n) is 16.0. The third-order valence-electron chi connectivity index (χ3n) is 3.66. The summed E-state index contributed by atoms with van der Waals surface area (Å²) >= 11 is 0. The third-order valence-corrected chi connectivity index (χ3v) is 3.66. The van der Waals surface area contributed by atoms with Crippen LogP contribution in [0, 0.1) is 23.7 Å². The average Bonchev–Trinajstić information content (AvgIpc) is 2.44. The van der Waals surface area contributed by atoms with Crippen LogP contribution in [0.15, 0.2) is 0 Å². The first-order valence-corrected chi connectivity index (χ1v) is 8.51. The molecule has 0 fully saturated rings. The Hall–Kier alpha value is -1.76. The number of hydrogen-bond acceptors (Lipinski definition) is 7. The van der Waals surface area contributed by atoms with Gasteiger partial charge in [0.25, 0.3) is 0 Å². The first kappa shape index (κ1) is 23.2. The van der Waals surface area contributed by atoms with E-state index in [0.29, 0.717) is 0 Å². The number of Topliss-reactive ketones (excluding diaryl/α,β-unsaturated/α-hetero) is 2. The van der Waals surface area contributed by atoms with Crippen molar-refractivity contribution in [2.24, 2.45) is 23.7 Å². The first-order chi connectivity index (χ1) is 11.6. The van der Waals surface area contributed by atoms with E-state index in [2.05, 4.69) is 0 Å². The van der Waals surface area contributed by atoms with Crippen LogP contribution >= 0.6 is 0 Å². The van der Waals surface area contributed by atoms with Gasteiger partial charge in [0.05, 0.1) is 13.2 Å². The van der Waals surface area contributed by atoms with Gasteiger partial charge in [-0.2, -0.15) is 0 Å². The molecule has 7 nitrogen and oxygen atoms in total. The van der Waals surface area contributed by atoms with Gasteiger partial charge in [-0.15, -0.1) is 0 Å². The van der Waals surface area contributed by atoms with Gasteiger partial charge in [-0.25, -0.2) is 0 Å². The molecule has 2 unspecified atom stereocenters. The van der Waals surface area contributed by atoms with Crippen LogP contribution in [-0.4, -0.2) is 49.9 Å². The van der Waals surface area contributed by atoms with Gasteiger partial charge >= 0.3 is 11.9 Å².